The van der Waals surface area contributed by atoms with E-state index in [9.17, 15) is 14.4 Å². The number of benzene rings is 1. The van der Waals surface area contributed by atoms with Gasteiger partial charge in [-0.15, -0.1) is 0 Å². The second kappa shape index (κ2) is 8.66. The van der Waals surface area contributed by atoms with Crippen molar-refractivity contribution in [1.29, 1.82) is 0 Å². The van der Waals surface area contributed by atoms with Crippen LogP contribution in [0.15, 0.2) is 24.3 Å². The number of anilines is 1. The molecular weight excluding hydrogens is 286 g/mol. The van der Waals surface area contributed by atoms with Gasteiger partial charge in [0.2, 0.25) is 0 Å². The molecule has 0 radical (unpaired) electrons. The third kappa shape index (κ3) is 6.74. The first-order valence-corrected chi connectivity index (χ1v) is 7.06. The van der Waals surface area contributed by atoms with E-state index in [4.69, 9.17) is 5.11 Å². The molecule has 4 N–H and O–H groups in total. The second-order valence-electron chi connectivity index (χ2n) is 5.08. The summed E-state index contributed by atoms with van der Waals surface area (Å²) in [6.45, 7) is 4.04. The van der Waals surface area contributed by atoms with Crippen LogP contribution < -0.4 is 16.0 Å². The average Bonchev–Trinajstić information content (AvgIpc) is 2.43. The lowest BCUT2D eigenvalue weighted by atomic mass is 10.2. The minimum absolute atomic E-state index is 0.0138. The molecule has 0 fully saturated rings. The number of carboxylic acid groups (broad SMARTS) is 1. The topological polar surface area (TPSA) is 108 Å². The number of nitrogens with one attached hydrogen (secondary N) is 3. The molecule has 120 valence electrons. The van der Waals surface area contributed by atoms with E-state index in [0.717, 1.165) is 0 Å². The Labute approximate surface area is 129 Å². The lowest BCUT2D eigenvalue weighted by molar-refractivity contribution is -0.137. The summed E-state index contributed by atoms with van der Waals surface area (Å²) in [5, 5.41) is 16.4. The molecule has 0 aliphatic carbocycles. The highest BCUT2D eigenvalue weighted by molar-refractivity contribution is 5.95. The van der Waals surface area contributed by atoms with Crippen LogP contribution in [0.1, 0.15) is 37.0 Å². The Hall–Kier alpha value is -2.57. The molecule has 0 spiro atoms. The normalized spacial score (nSPS) is 10.1. The summed E-state index contributed by atoms with van der Waals surface area (Å²) >= 11 is 0. The number of carboxylic acids is 1. The van der Waals surface area contributed by atoms with Crippen LogP contribution in [-0.2, 0) is 4.79 Å². The van der Waals surface area contributed by atoms with Crippen LogP contribution in [0, 0.1) is 0 Å². The van der Waals surface area contributed by atoms with E-state index >= 15 is 0 Å². The minimum atomic E-state index is -0.891. The predicted octanol–water partition coefficient (Wildman–Crippen LogP) is 1.81. The monoisotopic (exact) mass is 307 g/mol. The van der Waals surface area contributed by atoms with Gasteiger partial charge >= 0.3 is 12.0 Å². The fourth-order valence-corrected chi connectivity index (χ4v) is 1.67. The number of amides is 3. The van der Waals surface area contributed by atoms with Gasteiger partial charge in [-0.2, -0.15) is 0 Å². The molecule has 3 amide bonds. The van der Waals surface area contributed by atoms with Crippen LogP contribution in [-0.4, -0.2) is 35.6 Å². The molecular formula is C15H21N3O4. The third-order valence-electron chi connectivity index (χ3n) is 2.68. The van der Waals surface area contributed by atoms with E-state index in [2.05, 4.69) is 16.0 Å². The maximum absolute atomic E-state index is 11.8. The van der Waals surface area contributed by atoms with Gasteiger partial charge in [-0.25, -0.2) is 4.79 Å². The molecule has 0 aromatic heterocycles. The van der Waals surface area contributed by atoms with Crippen molar-refractivity contribution in [3.63, 3.8) is 0 Å². The largest absolute Gasteiger partial charge is 0.481 e. The minimum Gasteiger partial charge on any atom is -0.481 e. The summed E-state index contributed by atoms with van der Waals surface area (Å²) < 4.78 is 0. The molecule has 7 nitrogen and oxygen atoms in total. The standard InChI is InChI=1S/C15H21N3O4/c1-10(2)17-14(21)11-5-7-12(8-6-11)18-15(22)16-9-3-4-13(19)20/h5-8,10H,3-4,9H2,1-2H3,(H,17,21)(H,19,20)(H2,16,18,22). The zero-order chi connectivity index (χ0) is 16.5. The fraction of sp³-hybridized carbons (Fsp3) is 0.400. The van der Waals surface area contributed by atoms with Gasteiger partial charge in [0.15, 0.2) is 0 Å². The highest BCUT2D eigenvalue weighted by atomic mass is 16.4. The SMILES string of the molecule is CC(C)NC(=O)c1ccc(NC(=O)NCCCC(=O)O)cc1. The van der Waals surface area contributed by atoms with Crippen LogP contribution in [0.4, 0.5) is 10.5 Å². The van der Waals surface area contributed by atoms with E-state index in [0.29, 0.717) is 17.7 Å². The number of carbonyl (C=O) groups is 3. The number of hydrogen-bond acceptors (Lipinski definition) is 3. The fourth-order valence-electron chi connectivity index (χ4n) is 1.67. The van der Waals surface area contributed by atoms with Gasteiger partial charge in [-0.3, -0.25) is 9.59 Å². The van der Waals surface area contributed by atoms with Crippen molar-refractivity contribution in [1.82, 2.24) is 10.6 Å². The molecule has 0 unspecified atom stereocenters. The van der Waals surface area contributed by atoms with Crippen molar-refractivity contribution >= 4 is 23.6 Å². The number of aliphatic carboxylic acids is 1. The van der Waals surface area contributed by atoms with Crippen molar-refractivity contribution in [3.8, 4) is 0 Å². The van der Waals surface area contributed by atoms with Gasteiger partial charge in [0, 0.05) is 30.3 Å². The molecule has 0 aliphatic heterocycles. The van der Waals surface area contributed by atoms with Crippen LogP contribution in [0.3, 0.4) is 0 Å². The molecule has 1 aromatic rings. The first-order valence-electron chi connectivity index (χ1n) is 7.06. The molecule has 1 aromatic carbocycles. The van der Waals surface area contributed by atoms with Crippen LogP contribution >= 0.6 is 0 Å². The van der Waals surface area contributed by atoms with Crippen molar-refractivity contribution in [2.24, 2.45) is 0 Å². The van der Waals surface area contributed by atoms with E-state index in [1.54, 1.807) is 24.3 Å². The molecule has 0 atom stereocenters. The summed E-state index contributed by atoms with van der Waals surface area (Å²) in [5.41, 5.74) is 1.07. The number of carbonyl (C=O) groups excluding carboxylic acids is 2. The summed E-state index contributed by atoms with van der Waals surface area (Å²) in [4.78, 5) is 33.7. The van der Waals surface area contributed by atoms with Crippen LogP contribution in [0.25, 0.3) is 0 Å². The van der Waals surface area contributed by atoms with E-state index in [1.807, 2.05) is 13.8 Å². The highest BCUT2D eigenvalue weighted by Gasteiger charge is 2.07. The first-order chi connectivity index (χ1) is 10.4. The molecule has 0 saturated carbocycles. The predicted molar refractivity (Wildman–Crippen MR) is 82.9 cm³/mol. The second-order valence-corrected chi connectivity index (χ2v) is 5.08. The van der Waals surface area contributed by atoms with Gasteiger partial charge in [0.05, 0.1) is 0 Å². The smallest absolute Gasteiger partial charge is 0.319 e. The third-order valence-corrected chi connectivity index (χ3v) is 2.68. The van der Waals surface area contributed by atoms with Crippen molar-refractivity contribution in [3.05, 3.63) is 29.8 Å². The Morgan fingerprint density at radius 1 is 1.14 bits per heavy atom. The number of urea groups is 1. The van der Waals surface area contributed by atoms with Gasteiger partial charge in [-0.05, 0) is 44.5 Å². The zero-order valence-electron chi connectivity index (χ0n) is 12.7. The Morgan fingerprint density at radius 2 is 1.77 bits per heavy atom. The van der Waals surface area contributed by atoms with Crippen LogP contribution in [0.5, 0.6) is 0 Å². The maximum Gasteiger partial charge on any atom is 0.319 e. The molecule has 0 bridgehead atoms. The van der Waals surface area contributed by atoms with Crippen molar-refractivity contribution in [2.45, 2.75) is 32.7 Å². The molecule has 7 heteroatoms. The number of hydrogen-bond donors (Lipinski definition) is 4. The lowest BCUT2D eigenvalue weighted by Gasteiger charge is -2.10. The van der Waals surface area contributed by atoms with Crippen molar-refractivity contribution < 1.29 is 19.5 Å². The molecule has 0 heterocycles. The molecule has 0 aliphatic rings. The van der Waals surface area contributed by atoms with Crippen LogP contribution in [0.2, 0.25) is 0 Å². The summed E-state index contributed by atoms with van der Waals surface area (Å²) in [7, 11) is 0. The van der Waals surface area contributed by atoms with E-state index < -0.39 is 12.0 Å². The zero-order valence-corrected chi connectivity index (χ0v) is 12.7. The lowest BCUT2D eigenvalue weighted by Crippen LogP contribution is -2.30. The quantitative estimate of drug-likeness (QED) is 0.576. The van der Waals surface area contributed by atoms with E-state index in [1.165, 1.54) is 0 Å². The Morgan fingerprint density at radius 3 is 2.32 bits per heavy atom. The molecule has 1 rings (SSSR count). The Bertz CT molecular complexity index is 526. The maximum atomic E-state index is 11.8. The Balaban J connectivity index is 2.42. The average molecular weight is 307 g/mol. The molecule has 0 saturated heterocycles. The van der Waals surface area contributed by atoms with E-state index in [-0.39, 0.29) is 24.9 Å². The summed E-state index contributed by atoms with van der Waals surface area (Å²) in [6.07, 6.45) is 0.386. The summed E-state index contributed by atoms with van der Waals surface area (Å²) in [5.74, 6) is -1.06. The van der Waals surface area contributed by atoms with Gasteiger partial charge in [-0.1, -0.05) is 0 Å². The molecule has 22 heavy (non-hydrogen) atoms. The van der Waals surface area contributed by atoms with Gasteiger partial charge in [0.25, 0.3) is 5.91 Å². The first kappa shape index (κ1) is 17.5. The Kier molecular flexibility index (Phi) is 6.88. The summed E-state index contributed by atoms with van der Waals surface area (Å²) in [6, 6.07) is 6.15. The number of rotatable bonds is 7. The van der Waals surface area contributed by atoms with Gasteiger partial charge in [0.1, 0.15) is 0 Å². The van der Waals surface area contributed by atoms with Gasteiger partial charge < -0.3 is 21.1 Å². The van der Waals surface area contributed by atoms with Crippen molar-refractivity contribution in [2.75, 3.05) is 11.9 Å². The highest BCUT2D eigenvalue weighted by Crippen LogP contribution is 2.09.